The summed E-state index contributed by atoms with van der Waals surface area (Å²) in [7, 11) is 0. The van der Waals surface area contributed by atoms with Crippen LogP contribution in [-0.2, 0) is 4.79 Å². The molecule has 0 radical (unpaired) electrons. The van der Waals surface area contributed by atoms with E-state index in [-0.39, 0.29) is 11.8 Å². The van der Waals surface area contributed by atoms with Gasteiger partial charge in [0.15, 0.2) is 0 Å². The molecule has 0 unspecified atom stereocenters. The zero-order valence-electron chi connectivity index (χ0n) is 10.6. The van der Waals surface area contributed by atoms with Crippen molar-refractivity contribution in [1.82, 2.24) is 4.98 Å². The SMILES string of the molecule is CC(C)C(=O)Nc1ccc(-c2ccccc2)nc1. The Morgan fingerprint density at radius 2 is 1.83 bits per heavy atom. The molecule has 1 aromatic heterocycles. The Morgan fingerprint density at radius 1 is 1.11 bits per heavy atom. The van der Waals surface area contributed by atoms with Gasteiger partial charge in [-0.1, -0.05) is 44.2 Å². The smallest absolute Gasteiger partial charge is 0.226 e. The van der Waals surface area contributed by atoms with Crippen LogP contribution >= 0.6 is 0 Å². The number of aromatic nitrogens is 1. The van der Waals surface area contributed by atoms with Crippen LogP contribution in [0.5, 0.6) is 0 Å². The van der Waals surface area contributed by atoms with Crippen LogP contribution in [0.4, 0.5) is 5.69 Å². The zero-order chi connectivity index (χ0) is 13.0. The van der Waals surface area contributed by atoms with Crippen molar-refractivity contribution in [2.24, 2.45) is 5.92 Å². The second-order valence-corrected chi connectivity index (χ2v) is 4.44. The van der Waals surface area contributed by atoms with Crippen molar-refractivity contribution < 1.29 is 4.79 Å². The maximum absolute atomic E-state index is 11.5. The van der Waals surface area contributed by atoms with E-state index in [0.717, 1.165) is 16.9 Å². The van der Waals surface area contributed by atoms with Gasteiger partial charge in [-0.3, -0.25) is 9.78 Å². The highest BCUT2D eigenvalue weighted by atomic mass is 16.1. The number of anilines is 1. The topological polar surface area (TPSA) is 42.0 Å². The van der Waals surface area contributed by atoms with Crippen LogP contribution in [0.1, 0.15) is 13.8 Å². The quantitative estimate of drug-likeness (QED) is 0.894. The molecule has 3 nitrogen and oxygen atoms in total. The molecule has 1 heterocycles. The number of carbonyl (C=O) groups is 1. The summed E-state index contributed by atoms with van der Waals surface area (Å²) in [6.45, 7) is 3.72. The fraction of sp³-hybridized carbons (Fsp3) is 0.200. The molecule has 2 rings (SSSR count). The minimum atomic E-state index is -0.0289. The molecule has 18 heavy (non-hydrogen) atoms. The van der Waals surface area contributed by atoms with Crippen LogP contribution in [0.3, 0.4) is 0 Å². The molecule has 0 aliphatic rings. The number of amides is 1. The summed E-state index contributed by atoms with van der Waals surface area (Å²) < 4.78 is 0. The number of nitrogens with one attached hydrogen (secondary N) is 1. The van der Waals surface area contributed by atoms with Gasteiger partial charge in [-0.15, -0.1) is 0 Å². The van der Waals surface area contributed by atoms with Crippen molar-refractivity contribution in [2.75, 3.05) is 5.32 Å². The van der Waals surface area contributed by atoms with Gasteiger partial charge in [0.05, 0.1) is 17.6 Å². The summed E-state index contributed by atoms with van der Waals surface area (Å²) in [6.07, 6.45) is 1.68. The molecule has 0 spiro atoms. The van der Waals surface area contributed by atoms with Crippen molar-refractivity contribution in [3.8, 4) is 11.3 Å². The van der Waals surface area contributed by atoms with Crippen LogP contribution in [-0.4, -0.2) is 10.9 Å². The predicted molar refractivity (Wildman–Crippen MR) is 73.1 cm³/mol. The first-order chi connectivity index (χ1) is 8.66. The second-order valence-electron chi connectivity index (χ2n) is 4.44. The Bertz CT molecular complexity index is 518. The first kappa shape index (κ1) is 12.3. The third-order valence-electron chi connectivity index (χ3n) is 2.62. The van der Waals surface area contributed by atoms with Gasteiger partial charge in [-0.25, -0.2) is 0 Å². The van der Waals surface area contributed by atoms with Gasteiger partial charge in [0.1, 0.15) is 0 Å². The van der Waals surface area contributed by atoms with E-state index in [1.54, 1.807) is 6.20 Å². The molecular formula is C15H16N2O. The lowest BCUT2D eigenvalue weighted by Gasteiger charge is -2.08. The van der Waals surface area contributed by atoms with Crippen LogP contribution in [0.2, 0.25) is 0 Å². The molecule has 0 bridgehead atoms. The Balaban J connectivity index is 2.13. The Kier molecular flexibility index (Phi) is 3.72. The Hall–Kier alpha value is -2.16. The lowest BCUT2D eigenvalue weighted by Crippen LogP contribution is -2.17. The number of hydrogen-bond donors (Lipinski definition) is 1. The van der Waals surface area contributed by atoms with Gasteiger partial charge in [0.25, 0.3) is 0 Å². The summed E-state index contributed by atoms with van der Waals surface area (Å²) in [5.74, 6) is -0.0249. The molecular weight excluding hydrogens is 224 g/mol. The minimum Gasteiger partial charge on any atom is -0.325 e. The molecule has 1 N–H and O–H groups in total. The first-order valence-corrected chi connectivity index (χ1v) is 5.99. The average Bonchev–Trinajstić information content (AvgIpc) is 2.40. The average molecular weight is 240 g/mol. The van der Waals surface area contributed by atoms with E-state index in [4.69, 9.17) is 0 Å². The number of pyridine rings is 1. The lowest BCUT2D eigenvalue weighted by atomic mass is 10.1. The minimum absolute atomic E-state index is 0.00395. The molecule has 1 aromatic carbocycles. The summed E-state index contributed by atoms with van der Waals surface area (Å²) in [5.41, 5.74) is 2.70. The third kappa shape index (κ3) is 2.94. The summed E-state index contributed by atoms with van der Waals surface area (Å²) in [5, 5.41) is 2.82. The molecule has 0 saturated carbocycles. The number of hydrogen-bond acceptors (Lipinski definition) is 2. The van der Waals surface area contributed by atoms with Crippen molar-refractivity contribution in [3.05, 3.63) is 48.7 Å². The summed E-state index contributed by atoms with van der Waals surface area (Å²) in [6, 6.07) is 13.7. The Morgan fingerprint density at radius 3 is 2.39 bits per heavy atom. The molecule has 0 fully saturated rings. The monoisotopic (exact) mass is 240 g/mol. The van der Waals surface area contributed by atoms with Crippen molar-refractivity contribution >= 4 is 11.6 Å². The Labute approximate surface area is 107 Å². The number of nitrogens with zero attached hydrogens (tertiary/aromatic N) is 1. The summed E-state index contributed by atoms with van der Waals surface area (Å²) in [4.78, 5) is 15.9. The van der Waals surface area contributed by atoms with E-state index in [0.29, 0.717) is 0 Å². The largest absolute Gasteiger partial charge is 0.325 e. The van der Waals surface area contributed by atoms with Crippen LogP contribution in [0, 0.1) is 5.92 Å². The number of rotatable bonds is 3. The van der Waals surface area contributed by atoms with E-state index in [2.05, 4.69) is 10.3 Å². The third-order valence-corrected chi connectivity index (χ3v) is 2.62. The van der Waals surface area contributed by atoms with Crippen LogP contribution in [0.15, 0.2) is 48.7 Å². The standard InChI is InChI=1S/C15H16N2O/c1-11(2)15(18)17-13-8-9-14(16-10-13)12-6-4-3-5-7-12/h3-11H,1-2H3,(H,17,18). The van der Waals surface area contributed by atoms with Gasteiger partial charge in [-0.05, 0) is 12.1 Å². The zero-order valence-corrected chi connectivity index (χ0v) is 10.6. The molecule has 0 atom stereocenters. The van der Waals surface area contributed by atoms with Gasteiger partial charge in [0.2, 0.25) is 5.91 Å². The van der Waals surface area contributed by atoms with E-state index < -0.39 is 0 Å². The van der Waals surface area contributed by atoms with Gasteiger partial charge in [0, 0.05) is 11.5 Å². The molecule has 0 aliphatic heterocycles. The predicted octanol–water partition coefficient (Wildman–Crippen LogP) is 3.34. The molecule has 0 aliphatic carbocycles. The fourth-order valence-corrected chi connectivity index (χ4v) is 1.53. The van der Waals surface area contributed by atoms with Crippen LogP contribution in [0.25, 0.3) is 11.3 Å². The van der Waals surface area contributed by atoms with Crippen LogP contribution < -0.4 is 5.32 Å². The number of benzene rings is 1. The second kappa shape index (κ2) is 5.45. The van der Waals surface area contributed by atoms with E-state index in [9.17, 15) is 4.79 Å². The first-order valence-electron chi connectivity index (χ1n) is 5.99. The normalized spacial score (nSPS) is 10.4. The lowest BCUT2D eigenvalue weighted by molar-refractivity contribution is -0.118. The maximum Gasteiger partial charge on any atom is 0.226 e. The van der Waals surface area contributed by atoms with E-state index >= 15 is 0 Å². The van der Waals surface area contributed by atoms with E-state index in [1.807, 2.05) is 56.3 Å². The molecule has 92 valence electrons. The molecule has 2 aromatic rings. The van der Waals surface area contributed by atoms with Crippen molar-refractivity contribution in [2.45, 2.75) is 13.8 Å². The van der Waals surface area contributed by atoms with Crippen molar-refractivity contribution in [1.29, 1.82) is 0 Å². The van der Waals surface area contributed by atoms with Gasteiger partial charge < -0.3 is 5.32 Å². The molecule has 0 saturated heterocycles. The molecule has 3 heteroatoms. The van der Waals surface area contributed by atoms with E-state index in [1.165, 1.54) is 0 Å². The fourth-order valence-electron chi connectivity index (χ4n) is 1.53. The highest BCUT2D eigenvalue weighted by Gasteiger charge is 2.07. The van der Waals surface area contributed by atoms with Gasteiger partial charge in [-0.2, -0.15) is 0 Å². The van der Waals surface area contributed by atoms with Crippen molar-refractivity contribution in [3.63, 3.8) is 0 Å². The molecule has 1 amide bonds. The van der Waals surface area contributed by atoms with Gasteiger partial charge >= 0.3 is 0 Å². The summed E-state index contributed by atoms with van der Waals surface area (Å²) >= 11 is 0. The highest BCUT2D eigenvalue weighted by molar-refractivity contribution is 5.92. The number of carbonyl (C=O) groups excluding carboxylic acids is 1. The highest BCUT2D eigenvalue weighted by Crippen LogP contribution is 2.18. The maximum atomic E-state index is 11.5.